The number of hydrogen-bond donors (Lipinski definition) is 1. The maximum atomic E-state index is 6.01. The van der Waals surface area contributed by atoms with Gasteiger partial charge < -0.3 is 10.5 Å². The molecule has 2 heterocycles. The van der Waals surface area contributed by atoms with Crippen molar-refractivity contribution in [3.63, 3.8) is 0 Å². The fraction of sp³-hybridized carbons (Fsp3) is 0.786. The van der Waals surface area contributed by atoms with Crippen molar-refractivity contribution in [1.29, 1.82) is 0 Å². The molecule has 1 aromatic rings. The Bertz CT molecular complexity index is 402. The van der Waals surface area contributed by atoms with E-state index in [1.807, 2.05) is 11.7 Å². The minimum atomic E-state index is 0.261. The van der Waals surface area contributed by atoms with Crippen molar-refractivity contribution in [3.05, 3.63) is 17.5 Å². The van der Waals surface area contributed by atoms with E-state index in [0.717, 1.165) is 31.8 Å². The second-order valence-corrected chi connectivity index (χ2v) is 5.31. The highest BCUT2D eigenvalue weighted by atomic mass is 16.5. The molecule has 1 fully saturated rings. The van der Waals surface area contributed by atoms with Gasteiger partial charge in [0, 0.05) is 38.5 Å². The number of rotatable bonds is 5. The summed E-state index contributed by atoms with van der Waals surface area (Å²) in [6.07, 6.45) is 4.79. The van der Waals surface area contributed by atoms with Crippen LogP contribution in [0.3, 0.4) is 0 Å². The van der Waals surface area contributed by atoms with Crippen LogP contribution in [0.5, 0.6) is 0 Å². The third-order valence-corrected chi connectivity index (χ3v) is 3.89. The molecule has 1 aromatic heterocycles. The molecule has 5 heteroatoms. The van der Waals surface area contributed by atoms with E-state index in [9.17, 15) is 0 Å². The highest BCUT2D eigenvalue weighted by molar-refractivity contribution is 5.21. The normalized spacial score (nSPS) is 22.6. The Hall–Kier alpha value is -0.910. The van der Waals surface area contributed by atoms with Crippen molar-refractivity contribution in [3.8, 4) is 0 Å². The topological polar surface area (TPSA) is 56.3 Å². The third kappa shape index (κ3) is 3.35. The zero-order valence-corrected chi connectivity index (χ0v) is 12.3. The highest BCUT2D eigenvalue weighted by Gasteiger charge is 2.28. The summed E-state index contributed by atoms with van der Waals surface area (Å²) in [5, 5.41) is 4.43. The fourth-order valence-corrected chi connectivity index (χ4v) is 3.04. The van der Waals surface area contributed by atoms with Gasteiger partial charge in [0.25, 0.3) is 0 Å². The van der Waals surface area contributed by atoms with Crippen LogP contribution < -0.4 is 5.73 Å². The van der Waals surface area contributed by atoms with Gasteiger partial charge in [-0.25, -0.2) is 0 Å². The zero-order valence-electron chi connectivity index (χ0n) is 12.3. The predicted octanol–water partition coefficient (Wildman–Crippen LogP) is 1.23. The molecule has 2 rings (SSSR count). The van der Waals surface area contributed by atoms with Gasteiger partial charge in [0.15, 0.2) is 0 Å². The van der Waals surface area contributed by atoms with E-state index in [-0.39, 0.29) is 6.04 Å². The Morgan fingerprint density at radius 2 is 2.37 bits per heavy atom. The SMILES string of the molecule is CCOC1CCCN(C(CN)c2cn(C)nc2C)C1. The molecule has 108 valence electrons. The van der Waals surface area contributed by atoms with Crippen LogP contribution in [0.1, 0.15) is 37.1 Å². The maximum Gasteiger partial charge on any atom is 0.0702 e. The van der Waals surface area contributed by atoms with Crippen LogP contribution in [-0.2, 0) is 11.8 Å². The molecular formula is C14H26N4O. The van der Waals surface area contributed by atoms with Crippen LogP contribution in [0, 0.1) is 6.92 Å². The van der Waals surface area contributed by atoms with Gasteiger partial charge in [-0.1, -0.05) is 0 Å². The number of ether oxygens (including phenoxy) is 1. The molecule has 0 spiro atoms. The van der Waals surface area contributed by atoms with Crippen molar-refractivity contribution in [1.82, 2.24) is 14.7 Å². The quantitative estimate of drug-likeness (QED) is 0.871. The van der Waals surface area contributed by atoms with Crippen molar-refractivity contribution in [2.75, 3.05) is 26.2 Å². The number of nitrogens with two attached hydrogens (primary N) is 1. The Kier molecular flexibility index (Phi) is 4.96. The first-order chi connectivity index (χ1) is 9.15. The number of hydrogen-bond acceptors (Lipinski definition) is 4. The minimum Gasteiger partial charge on any atom is -0.377 e. The van der Waals surface area contributed by atoms with E-state index in [1.165, 1.54) is 12.0 Å². The molecule has 1 saturated heterocycles. The van der Waals surface area contributed by atoms with E-state index in [0.29, 0.717) is 12.6 Å². The molecule has 0 amide bonds. The van der Waals surface area contributed by atoms with Gasteiger partial charge in [0.1, 0.15) is 0 Å². The van der Waals surface area contributed by atoms with Crippen molar-refractivity contribution >= 4 is 0 Å². The molecule has 2 atom stereocenters. The van der Waals surface area contributed by atoms with E-state index in [1.54, 1.807) is 0 Å². The molecule has 0 radical (unpaired) electrons. The molecular weight excluding hydrogens is 240 g/mol. The number of aromatic nitrogens is 2. The predicted molar refractivity (Wildman–Crippen MR) is 76.0 cm³/mol. The highest BCUT2D eigenvalue weighted by Crippen LogP contribution is 2.26. The zero-order chi connectivity index (χ0) is 13.8. The largest absolute Gasteiger partial charge is 0.377 e. The summed E-state index contributed by atoms with van der Waals surface area (Å²) < 4.78 is 7.65. The van der Waals surface area contributed by atoms with Gasteiger partial charge in [-0.05, 0) is 33.2 Å². The summed E-state index contributed by atoms with van der Waals surface area (Å²) in [6, 6.07) is 0.261. The Morgan fingerprint density at radius 3 is 2.95 bits per heavy atom. The lowest BCUT2D eigenvalue weighted by Gasteiger charge is -2.37. The van der Waals surface area contributed by atoms with Crippen LogP contribution in [0.4, 0.5) is 0 Å². The first-order valence-electron chi connectivity index (χ1n) is 7.21. The van der Waals surface area contributed by atoms with Gasteiger partial charge in [0.05, 0.1) is 17.8 Å². The second-order valence-electron chi connectivity index (χ2n) is 5.31. The van der Waals surface area contributed by atoms with Crippen molar-refractivity contribution in [2.45, 2.75) is 38.8 Å². The van der Waals surface area contributed by atoms with Crippen LogP contribution in [0.15, 0.2) is 6.20 Å². The second kappa shape index (κ2) is 6.50. The average Bonchev–Trinajstić information content (AvgIpc) is 2.71. The van der Waals surface area contributed by atoms with Crippen LogP contribution in [0.25, 0.3) is 0 Å². The molecule has 0 saturated carbocycles. The van der Waals surface area contributed by atoms with Gasteiger partial charge in [-0.2, -0.15) is 5.10 Å². The molecule has 0 aromatic carbocycles. The molecule has 2 unspecified atom stereocenters. The van der Waals surface area contributed by atoms with Crippen molar-refractivity contribution < 1.29 is 4.74 Å². The molecule has 1 aliphatic heterocycles. The lowest BCUT2D eigenvalue weighted by Crippen LogP contribution is -2.44. The van der Waals surface area contributed by atoms with E-state index < -0.39 is 0 Å². The maximum absolute atomic E-state index is 6.01. The monoisotopic (exact) mass is 266 g/mol. The number of nitrogens with zero attached hydrogens (tertiary/aromatic N) is 3. The Labute approximate surface area is 115 Å². The van der Waals surface area contributed by atoms with E-state index >= 15 is 0 Å². The summed E-state index contributed by atoms with van der Waals surface area (Å²) in [5.74, 6) is 0. The lowest BCUT2D eigenvalue weighted by molar-refractivity contribution is -0.00668. The van der Waals surface area contributed by atoms with Gasteiger partial charge in [-0.3, -0.25) is 9.58 Å². The minimum absolute atomic E-state index is 0.261. The number of likely N-dealkylation sites (tertiary alicyclic amines) is 1. The molecule has 0 aliphatic carbocycles. The van der Waals surface area contributed by atoms with E-state index in [4.69, 9.17) is 10.5 Å². The third-order valence-electron chi connectivity index (χ3n) is 3.89. The van der Waals surface area contributed by atoms with Crippen molar-refractivity contribution in [2.24, 2.45) is 12.8 Å². The summed E-state index contributed by atoms with van der Waals surface area (Å²) >= 11 is 0. The molecule has 5 nitrogen and oxygen atoms in total. The standard InChI is InChI=1S/C14H26N4O/c1-4-19-12-6-5-7-18(9-12)14(8-15)13-10-17(3)16-11(13)2/h10,12,14H,4-9,15H2,1-3H3. The molecule has 1 aliphatic rings. The van der Waals surface area contributed by atoms with Gasteiger partial charge >= 0.3 is 0 Å². The first-order valence-corrected chi connectivity index (χ1v) is 7.21. The fourth-order valence-electron chi connectivity index (χ4n) is 3.04. The van der Waals surface area contributed by atoms with Crippen LogP contribution in [-0.4, -0.2) is 47.0 Å². The first kappa shape index (κ1) is 14.5. The van der Waals surface area contributed by atoms with Gasteiger partial charge in [0.2, 0.25) is 0 Å². The average molecular weight is 266 g/mol. The Balaban J connectivity index is 2.10. The summed E-state index contributed by atoms with van der Waals surface area (Å²) in [4.78, 5) is 2.45. The molecule has 0 bridgehead atoms. The summed E-state index contributed by atoms with van der Waals surface area (Å²) in [7, 11) is 1.96. The van der Waals surface area contributed by atoms with Crippen LogP contribution in [0.2, 0.25) is 0 Å². The summed E-state index contributed by atoms with van der Waals surface area (Å²) in [6.45, 7) is 7.61. The smallest absolute Gasteiger partial charge is 0.0702 e. The number of aryl methyl sites for hydroxylation is 2. The van der Waals surface area contributed by atoms with Gasteiger partial charge in [-0.15, -0.1) is 0 Å². The van der Waals surface area contributed by atoms with Crippen LogP contribution >= 0.6 is 0 Å². The number of piperidine rings is 1. The molecule has 19 heavy (non-hydrogen) atoms. The lowest BCUT2D eigenvalue weighted by atomic mass is 10.0. The molecule has 2 N–H and O–H groups in total. The Morgan fingerprint density at radius 1 is 1.58 bits per heavy atom. The summed E-state index contributed by atoms with van der Waals surface area (Å²) in [5.41, 5.74) is 8.35. The van der Waals surface area contributed by atoms with E-state index in [2.05, 4.69) is 30.0 Å².